The monoisotopic (exact) mass is 388 g/mol. The minimum absolute atomic E-state index is 0.108. The lowest BCUT2D eigenvalue weighted by Gasteiger charge is -2.33. The first-order valence-corrected chi connectivity index (χ1v) is 9.77. The highest BCUT2D eigenvalue weighted by atomic mass is 32.2. The van der Waals surface area contributed by atoms with Crippen molar-refractivity contribution in [3.63, 3.8) is 0 Å². The summed E-state index contributed by atoms with van der Waals surface area (Å²) >= 11 is 1.70. The molecule has 0 aromatic heterocycles. The maximum atomic E-state index is 11.6. The summed E-state index contributed by atoms with van der Waals surface area (Å²) in [6.45, 7) is 5.59. The number of nitro benzene ring substituents is 1. The van der Waals surface area contributed by atoms with E-state index in [1.165, 1.54) is 11.0 Å². The van der Waals surface area contributed by atoms with Gasteiger partial charge in [-0.1, -0.05) is 24.3 Å². The quantitative estimate of drug-likeness (QED) is 0.392. The predicted octanol–water partition coefficient (Wildman–Crippen LogP) is 5.35. The smallest absolute Gasteiger partial charge is 0.412 e. The molecular formula is C20H24N2O4S. The van der Waals surface area contributed by atoms with Crippen molar-refractivity contribution >= 4 is 29.2 Å². The Morgan fingerprint density at radius 3 is 2.44 bits per heavy atom. The van der Waals surface area contributed by atoms with Crippen LogP contribution >= 0.6 is 11.8 Å². The number of aryl methyl sites for hydroxylation is 1. The van der Waals surface area contributed by atoms with Crippen molar-refractivity contribution in [2.75, 3.05) is 10.7 Å². The van der Waals surface area contributed by atoms with Crippen LogP contribution in [0.5, 0.6) is 0 Å². The lowest BCUT2D eigenvalue weighted by atomic mass is 10.0. The van der Waals surface area contributed by atoms with E-state index in [4.69, 9.17) is 0 Å². The molecule has 0 aliphatic rings. The van der Waals surface area contributed by atoms with Gasteiger partial charge in [-0.3, -0.25) is 15.0 Å². The summed E-state index contributed by atoms with van der Waals surface area (Å²) in [4.78, 5) is 23.4. The van der Waals surface area contributed by atoms with Gasteiger partial charge in [0.25, 0.3) is 5.69 Å². The van der Waals surface area contributed by atoms with Gasteiger partial charge in [-0.15, -0.1) is 0 Å². The third-order valence-corrected chi connectivity index (χ3v) is 4.99. The van der Waals surface area contributed by atoms with Gasteiger partial charge < -0.3 is 5.11 Å². The molecule has 0 spiro atoms. The number of hydrogen-bond donors (Lipinski definition) is 1. The van der Waals surface area contributed by atoms with Crippen LogP contribution < -0.4 is 4.90 Å². The van der Waals surface area contributed by atoms with Crippen LogP contribution in [0.1, 0.15) is 31.9 Å². The molecule has 144 valence electrons. The molecule has 1 N–H and O–H groups in total. The Morgan fingerprint density at radius 1 is 1.15 bits per heavy atom. The second-order valence-corrected chi connectivity index (χ2v) is 8.29. The molecule has 0 heterocycles. The number of thioether (sulfide) groups is 1. The van der Waals surface area contributed by atoms with E-state index in [0.29, 0.717) is 11.4 Å². The summed E-state index contributed by atoms with van der Waals surface area (Å²) < 4.78 is 0. The van der Waals surface area contributed by atoms with E-state index < -0.39 is 11.6 Å². The molecule has 2 aromatic carbocycles. The third-order valence-electron chi connectivity index (χ3n) is 3.96. The average molecular weight is 388 g/mol. The number of rotatable bonds is 7. The average Bonchev–Trinajstić information content (AvgIpc) is 2.58. The highest BCUT2D eigenvalue weighted by Gasteiger charge is 2.27. The fourth-order valence-corrected chi connectivity index (χ4v) is 3.72. The van der Waals surface area contributed by atoms with Crippen molar-refractivity contribution in [2.45, 2.75) is 38.5 Å². The molecule has 1 amide bonds. The Morgan fingerprint density at radius 2 is 1.81 bits per heavy atom. The zero-order valence-corrected chi connectivity index (χ0v) is 16.5. The molecule has 0 fully saturated rings. The van der Waals surface area contributed by atoms with Crippen molar-refractivity contribution in [1.82, 2.24) is 0 Å². The molecule has 7 heteroatoms. The first kappa shape index (κ1) is 20.8. The molecule has 27 heavy (non-hydrogen) atoms. The van der Waals surface area contributed by atoms with Gasteiger partial charge in [0, 0.05) is 29.1 Å². The van der Waals surface area contributed by atoms with Gasteiger partial charge in [0.1, 0.15) is 0 Å². The van der Waals surface area contributed by atoms with Gasteiger partial charge in [0.2, 0.25) is 0 Å². The molecule has 0 atom stereocenters. The summed E-state index contributed by atoms with van der Waals surface area (Å²) in [6.07, 6.45) is -0.176. The van der Waals surface area contributed by atoms with Crippen LogP contribution in [0.4, 0.5) is 16.2 Å². The van der Waals surface area contributed by atoms with Crippen LogP contribution in [0.25, 0.3) is 0 Å². The predicted molar refractivity (Wildman–Crippen MR) is 110 cm³/mol. The second-order valence-electron chi connectivity index (χ2n) is 7.19. The Labute approximate surface area is 163 Å². The van der Waals surface area contributed by atoms with Crippen LogP contribution in [0, 0.1) is 10.1 Å². The summed E-state index contributed by atoms with van der Waals surface area (Å²) in [7, 11) is 0. The normalized spacial score (nSPS) is 11.2. The lowest BCUT2D eigenvalue weighted by Crippen LogP contribution is -2.45. The van der Waals surface area contributed by atoms with Gasteiger partial charge >= 0.3 is 6.09 Å². The molecule has 2 aromatic rings. The number of nitro groups is 1. The Hall–Kier alpha value is -2.54. The van der Waals surface area contributed by atoms with Crippen LogP contribution in [0.3, 0.4) is 0 Å². The first-order valence-electron chi connectivity index (χ1n) is 8.61. The van der Waals surface area contributed by atoms with Crippen LogP contribution in [-0.2, 0) is 12.2 Å². The maximum Gasteiger partial charge on any atom is 0.412 e. The highest BCUT2D eigenvalue weighted by Crippen LogP contribution is 2.26. The molecular weight excluding hydrogens is 364 g/mol. The summed E-state index contributed by atoms with van der Waals surface area (Å²) in [5.74, 6) is 1.54. The van der Waals surface area contributed by atoms with Gasteiger partial charge in [0.15, 0.2) is 0 Å². The summed E-state index contributed by atoms with van der Waals surface area (Å²) in [5.41, 5.74) is 2.23. The molecule has 0 aliphatic heterocycles. The van der Waals surface area contributed by atoms with Crippen molar-refractivity contribution in [2.24, 2.45) is 0 Å². The molecule has 0 saturated heterocycles. The molecule has 0 radical (unpaired) electrons. The largest absolute Gasteiger partial charge is 0.465 e. The van der Waals surface area contributed by atoms with Crippen LogP contribution in [0.15, 0.2) is 48.5 Å². The van der Waals surface area contributed by atoms with Gasteiger partial charge in [0.05, 0.1) is 4.92 Å². The summed E-state index contributed by atoms with van der Waals surface area (Å²) in [6, 6.07) is 14.2. The molecule has 0 aliphatic carbocycles. The first-order chi connectivity index (χ1) is 12.7. The van der Waals surface area contributed by atoms with Crippen molar-refractivity contribution in [1.29, 1.82) is 0 Å². The van der Waals surface area contributed by atoms with E-state index in [9.17, 15) is 20.0 Å². The van der Waals surface area contributed by atoms with Crippen LogP contribution in [0.2, 0.25) is 0 Å². The van der Waals surface area contributed by atoms with E-state index in [0.717, 1.165) is 23.3 Å². The van der Waals surface area contributed by atoms with E-state index >= 15 is 0 Å². The van der Waals surface area contributed by atoms with Gasteiger partial charge in [-0.05, 0) is 56.2 Å². The maximum absolute atomic E-state index is 11.6. The number of amides is 1. The number of carbonyl (C=O) groups is 1. The fraction of sp³-hybridized carbons (Fsp3) is 0.350. The van der Waals surface area contributed by atoms with Crippen molar-refractivity contribution in [3.8, 4) is 0 Å². The lowest BCUT2D eigenvalue weighted by molar-refractivity contribution is -0.384. The zero-order valence-electron chi connectivity index (χ0n) is 15.7. The van der Waals surface area contributed by atoms with Crippen molar-refractivity contribution in [3.05, 3.63) is 69.8 Å². The SMILES string of the molecule is CC(C)(C)N(C(=O)O)c1cccc(CCSCc2cccc([N+](=O)[O-])c2)c1. The topological polar surface area (TPSA) is 83.7 Å². The minimum atomic E-state index is -0.973. The third kappa shape index (κ3) is 5.99. The Kier molecular flexibility index (Phi) is 6.85. The number of anilines is 1. The number of non-ortho nitro benzene ring substituents is 1. The second kappa shape index (κ2) is 8.90. The van der Waals surface area contributed by atoms with E-state index in [1.807, 2.05) is 45.0 Å². The van der Waals surface area contributed by atoms with E-state index in [1.54, 1.807) is 30.0 Å². The number of hydrogen-bond acceptors (Lipinski definition) is 4. The minimum Gasteiger partial charge on any atom is -0.465 e. The number of carboxylic acid groups (broad SMARTS) is 1. The Bertz CT molecular complexity index is 818. The van der Waals surface area contributed by atoms with E-state index in [-0.39, 0.29) is 10.6 Å². The molecule has 0 saturated carbocycles. The molecule has 0 bridgehead atoms. The zero-order chi connectivity index (χ0) is 20.0. The van der Waals surface area contributed by atoms with Gasteiger partial charge in [-0.2, -0.15) is 11.8 Å². The standard InChI is InChI=1S/C20H24N2O4S/c1-20(2,3)21(19(23)24)17-8-4-6-15(12-17)10-11-27-14-16-7-5-9-18(13-16)22(25)26/h4-9,12-13H,10-11,14H2,1-3H3,(H,23,24). The summed E-state index contributed by atoms with van der Waals surface area (Å²) in [5, 5.41) is 20.4. The number of benzene rings is 2. The van der Waals surface area contributed by atoms with Gasteiger partial charge in [-0.25, -0.2) is 4.79 Å². The molecule has 0 unspecified atom stereocenters. The Balaban J connectivity index is 1.96. The highest BCUT2D eigenvalue weighted by molar-refractivity contribution is 7.98. The molecule has 2 rings (SSSR count). The van der Waals surface area contributed by atoms with E-state index in [2.05, 4.69) is 0 Å². The molecule has 6 nitrogen and oxygen atoms in total. The fourth-order valence-electron chi connectivity index (χ4n) is 2.78. The van der Waals surface area contributed by atoms with Crippen LogP contribution in [-0.4, -0.2) is 27.4 Å². The van der Waals surface area contributed by atoms with Crippen molar-refractivity contribution < 1.29 is 14.8 Å². The number of nitrogens with zero attached hydrogens (tertiary/aromatic N) is 2.